The van der Waals surface area contributed by atoms with Crippen LogP contribution in [0.1, 0.15) is 10.9 Å². The van der Waals surface area contributed by atoms with E-state index < -0.39 is 0 Å². The number of rotatable bonds is 3. The van der Waals surface area contributed by atoms with Crippen molar-refractivity contribution >= 4 is 11.3 Å². The Hall–Kier alpha value is -0.380. The number of hydrogen-bond donors (Lipinski definition) is 2. The molecule has 0 radical (unpaired) electrons. The van der Waals surface area contributed by atoms with E-state index in [2.05, 4.69) is 28.1 Å². The van der Waals surface area contributed by atoms with Gasteiger partial charge in [0.1, 0.15) is 0 Å². The third-order valence-corrected chi connectivity index (χ3v) is 3.40. The average molecular weight is 182 g/mol. The Morgan fingerprint density at radius 3 is 2.92 bits per heavy atom. The van der Waals surface area contributed by atoms with E-state index in [1.54, 1.807) is 0 Å². The Bertz CT molecular complexity index is 229. The summed E-state index contributed by atoms with van der Waals surface area (Å²) >= 11 is 1.84. The van der Waals surface area contributed by atoms with Crippen molar-refractivity contribution in [3.63, 3.8) is 0 Å². The van der Waals surface area contributed by atoms with Gasteiger partial charge in [0.25, 0.3) is 0 Å². The predicted molar refractivity (Wildman–Crippen MR) is 52.5 cm³/mol. The van der Waals surface area contributed by atoms with E-state index in [-0.39, 0.29) is 0 Å². The van der Waals surface area contributed by atoms with Crippen molar-refractivity contribution in [1.82, 2.24) is 10.6 Å². The Labute approximate surface area is 77.0 Å². The van der Waals surface area contributed by atoms with Gasteiger partial charge < -0.3 is 10.6 Å². The molecule has 1 aromatic rings. The lowest BCUT2D eigenvalue weighted by molar-refractivity contribution is 0.271. The van der Waals surface area contributed by atoms with Crippen molar-refractivity contribution < 1.29 is 0 Å². The fourth-order valence-electron chi connectivity index (χ4n) is 1.63. The van der Waals surface area contributed by atoms with E-state index in [1.165, 1.54) is 4.88 Å². The summed E-state index contributed by atoms with van der Waals surface area (Å²) in [6.07, 6.45) is 0. The van der Waals surface area contributed by atoms with Crippen molar-refractivity contribution in [2.24, 2.45) is 5.92 Å². The molecular weight excluding hydrogens is 168 g/mol. The molecule has 0 aliphatic carbocycles. The van der Waals surface area contributed by atoms with Gasteiger partial charge in [-0.1, -0.05) is 6.07 Å². The maximum atomic E-state index is 3.38. The first-order chi connectivity index (χ1) is 5.92. The molecule has 1 aliphatic rings. The van der Waals surface area contributed by atoms with Gasteiger partial charge in [0.2, 0.25) is 0 Å². The van der Waals surface area contributed by atoms with Crippen LogP contribution in [0.3, 0.4) is 0 Å². The molecule has 1 unspecified atom stereocenters. The Balaban J connectivity index is 2.07. The molecule has 1 saturated heterocycles. The molecule has 2 rings (SSSR count). The quantitative estimate of drug-likeness (QED) is 0.734. The molecule has 0 bridgehead atoms. The zero-order valence-corrected chi connectivity index (χ0v) is 8.03. The molecule has 2 nitrogen and oxygen atoms in total. The second-order valence-electron chi connectivity index (χ2n) is 3.20. The minimum atomic E-state index is 0.561. The topological polar surface area (TPSA) is 24.1 Å². The molecular formula is C9H14N2S. The van der Waals surface area contributed by atoms with Crippen LogP contribution in [0.4, 0.5) is 0 Å². The highest BCUT2D eigenvalue weighted by Gasteiger charge is 2.27. The van der Waals surface area contributed by atoms with Gasteiger partial charge in [0, 0.05) is 29.9 Å². The van der Waals surface area contributed by atoms with Crippen molar-refractivity contribution in [2.75, 3.05) is 20.1 Å². The zero-order chi connectivity index (χ0) is 8.39. The molecule has 1 aliphatic heterocycles. The van der Waals surface area contributed by atoms with Gasteiger partial charge in [-0.15, -0.1) is 11.3 Å². The molecule has 66 valence electrons. The van der Waals surface area contributed by atoms with Gasteiger partial charge >= 0.3 is 0 Å². The molecule has 0 saturated carbocycles. The Kier molecular flexibility index (Phi) is 2.44. The smallest absolute Gasteiger partial charge is 0.0465 e. The van der Waals surface area contributed by atoms with Gasteiger partial charge in [-0.3, -0.25) is 0 Å². The van der Waals surface area contributed by atoms with E-state index >= 15 is 0 Å². The summed E-state index contributed by atoms with van der Waals surface area (Å²) in [5.74, 6) is 0.786. The molecule has 12 heavy (non-hydrogen) atoms. The number of nitrogens with one attached hydrogen (secondary N) is 2. The fourth-order valence-corrected chi connectivity index (χ4v) is 2.55. The minimum Gasteiger partial charge on any atom is -0.316 e. The van der Waals surface area contributed by atoms with Gasteiger partial charge in [0.05, 0.1) is 0 Å². The molecule has 1 atom stereocenters. The molecule has 2 N–H and O–H groups in total. The summed E-state index contributed by atoms with van der Waals surface area (Å²) in [5, 5.41) is 8.82. The van der Waals surface area contributed by atoms with Crippen molar-refractivity contribution in [3.8, 4) is 0 Å². The lowest BCUT2D eigenvalue weighted by Crippen LogP contribution is -2.48. The SMILES string of the molecule is CNC(c1cccs1)C1CNC1. The average Bonchev–Trinajstić information content (AvgIpc) is 2.47. The summed E-state index contributed by atoms with van der Waals surface area (Å²) in [4.78, 5) is 1.46. The molecule has 0 aromatic carbocycles. The standard InChI is InChI=1S/C9H14N2S/c1-10-9(7-5-11-6-7)8-3-2-4-12-8/h2-4,7,9-11H,5-6H2,1H3. The van der Waals surface area contributed by atoms with Gasteiger partial charge in [-0.05, 0) is 18.5 Å². The first-order valence-electron chi connectivity index (χ1n) is 4.33. The second kappa shape index (κ2) is 3.56. The lowest BCUT2D eigenvalue weighted by Gasteiger charge is -2.34. The Morgan fingerprint density at radius 1 is 1.67 bits per heavy atom. The largest absolute Gasteiger partial charge is 0.316 e. The van der Waals surface area contributed by atoms with Gasteiger partial charge in [-0.2, -0.15) is 0 Å². The van der Waals surface area contributed by atoms with Gasteiger partial charge in [0.15, 0.2) is 0 Å². The Morgan fingerprint density at radius 2 is 2.50 bits per heavy atom. The normalized spacial score (nSPS) is 20.4. The predicted octanol–water partition coefficient (Wildman–Crippen LogP) is 1.23. The van der Waals surface area contributed by atoms with Crippen molar-refractivity contribution in [3.05, 3.63) is 22.4 Å². The highest BCUT2D eigenvalue weighted by molar-refractivity contribution is 7.10. The van der Waals surface area contributed by atoms with Crippen LogP contribution in [0, 0.1) is 5.92 Å². The number of hydrogen-bond acceptors (Lipinski definition) is 3. The zero-order valence-electron chi connectivity index (χ0n) is 7.21. The minimum absolute atomic E-state index is 0.561. The fraction of sp³-hybridized carbons (Fsp3) is 0.556. The first kappa shape index (κ1) is 8.23. The lowest BCUT2D eigenvalue weighted by atomic mass is 9.93. The summed E-state index contributed by atoms with van der Waals surface area (Å²) < 4.78 is 0. The molecule has 1 fully saturated rings. The van der Waals surface area contributed by atoms with Crippen LogP contribution in [0.15, 0.2) is 17.5 Å². The molecule has 2 heterocycles. The van der Waals surface area contributed by atoms with E-state index in [0.717, 1.165) is 19.0 Å². The van der Waals surface area contributed by atoms with Crippen LogP contribution >= 0.6 is 11.3 Å². The molecule has 0 amide bonds. The van der Waals surface area contributed by atoms with E-state index in [0.29, 0.717) is 6.04 Å². The van der Waals surface area contributed by atoms with Crippen LogP contribution in [0.5, 0.6) is 0 Å². The highest BCUT2D eigenvalue weighted by atomic mass is 32.1. The number of thiophene rings is 1. The van der Waals surface area contributed by atoms with Crippen LogP contribution < -0.4 is 10.6 Å². The van der Waals surface area contributed by atoms with Crippen LogP contribution in [-0.4, -0.2) is 20.1 Å². The van der Waals surface area contributed by atoms with Crippen LogP contribution in [0.2, 0.25) is 0 Å². The maximum absolute atomic E-state index is 3.38. The first-order valence-corrected chi connectivity index (χ1v) is 5.21. The van der Waals surface area contributed by atoms with E-state index in [1.807, 2.05) is 18.4 Å². The second-order valence-corrected chi connectivity index (χ2v) is 4.18. The molecule has 0 spiro atoms. The van der Waals surface area contributed by atoms with E-state index in [4.69, 9.17) is 0 Å². The summed E-state index contributed by atoms with van der Waals surface area (Å²) in [6, 6.07) is 4.90. The summed E-state index contributed by atoms with van der Waals surface area (Å²) in [7, 11) is 2.04. The van der Waals surface area contributed by atoms with E-state index in [9.17, 15) is 0 Å². The summed E-state index contributed by atoms with van der Waals surface area (Å²) in [6.45, 7) is 2.31. The van der Waals surface area contributed by atoms with Crippen molar-refractivity contribution in [1.29, 1.82) is 0 Å². The van der Waals surface area contributed by atoms with Crippen LogP contribution in [-0.2, 0) is 0 Å². The molecule has 1 aromatic heterocycles. The summed E-state index contributed by atoms with van der Waals surface area (Å²) in [5.41, 5.74) is 0. The highest BCUT2D eigenvalue weighted by Crippen LogP contribution is 2.27. The van der Waals surface area contributed by atoms with Crippen molar-refractivity contribution in [2.45, 2.75) is 6.04 Å². The van der Waals surface area contributed by atoms with Crippen LogP contribution in [0.25, 0.3) is 0 Å². The monoisotopic (exact) mass is 182 g/mol. The molecule has 3 heteroatoms. The third-order valence-electron chi connectivity index (χ3n) is 2.45. The third kappa shape index (κ3) is 1.40. The maximum Gasteiger partial charge on any atom is 0.0465 e. The van der Waals surface area contributed by atoms with Gasteiger partial charge in [-0.25, -0.2) is 0 Å².